The number of benzene rings is 5. The molecule has 4 saturated carbocycles. The number of nitro groups is 1. The summed E-state index contributed by atoms with van der Waals surface area (Å²) >= 11 is 0. The Balaban J connectivity index is 0.000000283. The van der Waals surface area contributed by atoms with Gasteiger partial charge in [-0.25, -0.2) is 19.3 Å². The first kappa shape index (κ1) is 103. The van der Waals surface area contributed by atoms with E-state index in [4.69, 9.17) is 52.5 Å². The smallest absolute Gasteiger partial charge is 0.497 e. The van der Waals surface area contributed by atoms with Crippen LogP contribution in [0.3, 0.4) is 0 Å². The van der Waals surface area contributed by atoms with Gasteiger partial charge in [-0.15, -0.1) is 35.5 Å². The monoisotopic (exact) mass is 1940 g/mol. The molecule has 750 valence electrons. The van der Waals surface area contributed by atoms with Gasteiger partial charge in [0.2, 0.25) is 11.8 Å². The van der Waals surface area contributed by atoms with Gasteiger partial charge in [0.25, 0.3) is 17.5 Å². The van der Waals surface area contributed by atoms with Gasteiger partial charge in [0.1, 0.15) is 18.1 Å². The minimum absolute atomic E-state index is 0.0285. The Bertz CT molecular complexity index is 5610. The molecular formula is C108H127N7O26. The Hall–Kier alpha value is -13.5. The first-order valence-electron chi connectivity index (χ1n) is 49.3. The first-order chi connectivity index (χ1) is 68.1. The molecule has 5 aromatic carbocycles. The standard InChI is InChI=1S/C75H89N5O16.C17H17NO5.C16H21NO5/c1-45(2)57(35-53(81)40-76-68(83)26-27-69(84)95-43-60-55-14-10-7-8-11-15-56(55)60)70(85)77-46(3)63(82)32-47-16-18-48(19-17-47)42-96-74(89)80-61-38-67(65(92-6)37-59(61)72(87)79-44-75(28-29-75)39-62(79)73(80)88)94-31-13-9-12-30-93-66-34-50-20-23-52-33-51(49-21-24-54(90-4)25-22-49)41-78(52)71(86)58(50)36-64(66)91-5;19-17(23-13-9-7-12(8-10-13)18(20)21)22-11-16-14-5-3-1-2-4-6-15(14)16;18-11(7-8-15(19)20)9-17-16(21)22-10-14-12-5-3-1-2-4-6-13(12)14/h16-19,21-22,24-25,34,36-38,41,45-46,52,55-57,60,62,73,88H,9-15,20,23,26-33,35,39-40,42-44H2,1-6H3,(H,76,83)(H,77,85);7-10,14-16H,3-6,11H2;12-14H,3-10H2,(H,17,21)(H,19,20)/t46-,52+,55-,56+,57-,60?,62-,73?;14-,15+,16?;12-,13+,14?/m0../s1. The van der Waals surface area contributed by atoms with Crippen molar-refractivity contribution in [1.29, 1.82) is 0 Å². The number of alkyl carbamates (subject to hydrolysis) is 1. The third-order valence-electron chi connectivity index (χ3n) is 29.1. The zero-order valence-electron chi connectivity index (χ0n) is 80.9. The van der Waals surface area contributed by atoms with Crippen molar-refractivity contribution in [2.75, 3.05) is 78.9 Å². The molecule has 0 bridgehead atoms. The van der Waals surface area contributed by atoms with Crippen molar-refractivity contribution in [3.05, 3.63) is 147 Å². The quantitative estimate of drug-likeness (QED) is 0.00462. The molecule has 4 unspecified atom stereocenters. The van der Waals surface area contributed by atoms with Crippen molar-refractivity contribution in [1.82, 2.24) is 25.8 Å². The highest BCUT2D eigenvalue weighted by Gasteiger charge is 2.59. The predicted octanol–water partition coefficient (Wildman–Crippen LogP) is 14.9. The Morgan fingerprint density at radius 2 is 1.13 bits per heavy atom. The number of esters is 1. The molecule has 7 aliphatic carbocycles. The van der Waals surface area contributed by atoms with Gasteiger partial charge >= 0.3 is 30.3 Å². The molecule has 5 fully saturated rings. The highest BCUT2D eigenvalue weighted by molar-refractivity contribution is 6.06. The summed E-state index contributed by atoms with van der Waals surface area (Å²) in [6, 6.07) is 25.4. The second-order valence-electron chi connectivity index (χ2n) is 38.8. The fraction of sp³-hybridized carbons (Fsp3) is 0.537. The number of unbranched alkanes of at least 4 members (excludes halogenated alkanes) is 2. The third kappa shape index (κ3) is 27.8. The van der Waals surface area contributed by atoms with E-state index in [2.05, 4.69) is 51.5 Å². The molecule has 4 heterocycles. The Kier molecular flexibility index (Phi) is 35.6. The number of carbonyl (C=O) groups excluding carboxylic acids is 11. The largest absolute Gasteiger partial charge is 0.513 e. The van der Waals surface area contributed by atoms with E-state index < -0.39 is 71.2 Å². The van der Waals surface area contributed by atoms with E-state index >= 15 is 0 Å². The molecule has 0 aromatic heterocycles. The number of aryl methyl sites for hydroxylation is 1. The maximum atomic E-state index is 14.5. The number of fused-ring (bicyclic) bond motifs is 7. The lowest BCUT2D eigenvalue weighted by atomic mass is 9.89. The number of nitrogens with one attached hydrogen (secondary N) is 3. The number of carboxylic acids is 1. The van der Waals surface area contributed by atoms with Gasteiger partial charge in [0.05, 0.1) is 109 Å². The molecule has 5 N–H and O–H groups in total. The molecule has 4 aliphatic heterocycles. The minimum atomic E-state index is -1.45. The SMILES string of the molecule is COc1ccc(C2=CN3C(=O)c4cc(OC)c(OCCCCCOc5cc6c(cc5OC)C(=O)N5CC7(CC7)C[C@H]5C(O)N6C(=O)OCc5ccc(CC(=O)[C@H](C)NC(=O)[C@@H](CC(=O)CNC(=O)CCC(=O)OCC6[C@H]7CCC#CCC[C@@H]67)C(C)C)cc5)cc4CC[C@@H]3C2)cc1.O=C(O)CCC(=O)CNC(=O)OCC1[C@H]2CCC#CCC[C@@H]12.O=C(OCC1[C@H]2CCC#CCC[C@@H]12)Oc1ccc([N+](=O)[O-])cc1. The van der Waals surface area contributed by atoms with Crippen LogP contribution < -0.4 is 49.3 Å². The average Bonchev–Trinajstić information content (AvgIpc) is 1.56. The molecule has 16 rings (SSSR count). The van der Waals surface area contributed by atoms with E-state index in [-0.39, 0.29) is 146 Å². The molecular weight excluding hydrogens is 1810 g/mol. The fourth-order valence-electron chi connectivity index (χ4n) is 20.6. The number of nitro benzene ring substituents is 1. The summed E-state index contributed by atoms with van der Waals surface area (Å²) in [6.45, 7) is 6.67. The number of aliphatic hydroxyl groups is 1. The number of aliphatic carboxylic acids is 1. The number of amides is 6. The maximum absolute atomic E-state index is 14.5. The molecule has 33 heteroatoms. The van der Waals surface area contributed by atoms with Crippen molar-refractivity contribution in [3.63, 3.8) is 0 Å². The number of carbonyl (C=O) groups is 12. The van der Waals surface area contributed by atoms with Crippen LogP contribution in [0.5, 0.6) is 34.5 Å². The molecule has 1 saturated heterocycles. The van der Waals surface area contributed by atoms with Crippen molar-refractivity contribution in [3.8, 4) is 70.0 Å². The van der Waals surface area contributed by atoms with Gasteiger partial charge in [-0.1, -0.05) is 50.2 Å². The number of carboxylic acid groups (broad SMARTS) is 1. The van der Waals surface area contributed by atoms with Crippen LogP contribution >= 0.6 is 0 Å². The van der Waals surface area contributed by atoms with Crippen LogP contribution in [0.15, 0.2) is 103 Å². The van der Waals surface area contributed by atoms with Gasteiger partial charge in [0.15, 0.2) is 46.6 Å². The van der Waals surface area contributed by atoms with Crippen molar-refractivity contribution < 1.29 is 120 Å². The second-order valence-corrected chi connectivity index (χ2v) is 38.8. The van der Waals surface area contributed by atoms with E-state index in [9.17, 15) is 72.8 Å². The number of rotatable bonds is 40. The van der Waals surface area contributed by atoms with E-state index in [0.717, 1.165) is 137 Å². The van der Waals surface area contributed by atoms with Gasteiger partial charge in [-0.05, 0) is 238 Å². The molecule has 33 nitrogen and oxygen atoms in total. The van der Waals surface area contributed by atoms with Gasteiger partial charge in [0, 0.05) is 113 Å². The number of ketones is 3. The summed E-state index contributed by atoms with van der Waals surface area (Å²) in [4.78, 5) is 168. The second kappa shape index (κ2) is 48.6. The zero-order chi connectivity index (χ0) is 100.0. The summed E-state index contributed by atoms with van der Waals surface area (Å²) in [6.07, 6.45) is 15.9. The van der Waals surface area contributed by atoms with E-state index in [0.29, 0.717) is 140 Å². The number of methoxy groups -OCH3 is 3. The highest BCUT2D eigenvalue weighted by atomic mass is 16.7. The number of Topliss-reactive ketones (excluding diaryl/α,β-unsaturated/α-hetero) is 3. The number of anilines is 1. The number of non-ortho nitro benzene ring substituents is 1. The van der Waals surface area contributed by atoms with Crippen molar-refractivity contribution in [2.24, 2.45) is 70.5 Å². The van der Waals surface area contributed by atoms with Crippen molar-refractivity contribution in [2.45, 2.75) is 225 Å². The van der Waals surface area contributed by atoms with E-state index in [1.165, 1.54) is 31.4 Å². The zero-order valence-corrected chi connectivity index (χ0v) is 80.9. The molecule has 14 atom stereocenters. The predicted molar refractivity (Wildman–Crippen MR) is 515 cm³/mol. The Morgan fingerprint density at radius 1 is 0.582 bits per heavy atom. The summed E-state index contributed by atoms with van der Waals surface area (Å²) < 4.78 is 56.2. The first-order valence-corrected chi connectivity index (χ1v) is 49.3. The van der Waals surface area contributed by atoms with Crippen LogP contribution in [0, 0.1) is 116 Å². The molecule has 1 spiro atoms. The van der Waals surface area contributed by atoms with Gasteiger partial charge in [-0.2, -0.15) is 0 Å². The van der Waals surface area contributed by atoms with Crippen LogP contribution in [-0.4, -0.2) is 195 Å². The summed E-state index contributed by atoms with van der Waals surface area (Å²) in [5, 5.41) is 38.9. The summed E-state index contributed by atoms with van der Waals surface area (Å²) in [7, 11) is 4.68. The topological polar surface area (TPSA) is 427 Å². The van der Waals surface area contributed by atoms with E-state index in [1.54, 1.807) is 82.4 Å². The van der Waals surface area contributed by atoms with Crippen LogP contribution in [0.4, 0.5) is 25.8 Å². The average molecular weight is 1940 g/mol. The van der Waals surface area contributed by atoms with Crippen LogP contribution in [0.25, 0.3) is 5.57 Å². The van der Waals surface area contributed by atoms with Gasteiger partial charge < -0.3 is 83.3 Å². The van der Waals surface area contributed by atoms with E-state index in [1.807, 2.05) is 41.4 Å². The Labute approximate surface area is 821 Å². The molecule has 6 amide bonds. The normalized spacial score (nSPS) is 22.7. The third-order valence-corrected chi connectivity index (χ3v) is 29.1. The van der Waals surface area contributed by atoms with Crippen LogP contribution in [0.1, 0.15) is 224 Å². The molecule has 0 radical (unpaired) electrons. The molecule has 11 aliphatic rings. The number of aliphatic hydroxyl groups excluding tert-OH is 1. The lowest BCUT2D eigenvalue weighted by Crippen LogP contribution is -2.50. The number of hydrogen-bond donors (Lipinski definition) is 5. The number of hydrogen-bond acceptors (Lipinski definition) is 25. The fourth-order valence-corrected chi connectivity index (χ4v) is 20.6. The summed E-state index contributed by atoms with van der Waals surface area (Å²) in [5.41, 5.74) is 5.03. The number of ether oxygens (including phenoxy) is 10. The molecule has 5 aromatic rings. The molecule has 141 heavy (non-hydrogen) atoms. The Morgan fingerprint density at radius 3 is 1.70 bits per heavy atom. The van der Waals surface area contributed by atoms with Crippen LogP contribution in [0.2, 0.25) is 0 Å². The lowest BCUT2D eigenvalue weighted by Gasteiger charge is -2.31. The minimum Gasteiger partial charge on any atom is -0.497 e. The van der Waals surface area contributed by atoms with Crippen LogP contribution in [-0.2, 0) is 72.0 Å². The summed E-state index contributed by atoms with van der Waals surface area (Å²) in [5.74, 6) is 21.4. The van der Waals surface area contributed by atoms with Crippen molar-refractivity contribution >= 4 is 88.2 Å². The highest BCUT2D eigenvalue weighted by Crippen LogP contribution is 2.58. The maximum Gasteiger partial charge on any atom is 0.513 e. The lowest BCUT2D eigenvalue weighted by molar-refractivity contribution is -0.384. The van der Waals surface area contributed by atoms with Gasteiger partial charge in [-0.3, -0.25) is 53.3 Å². The number of nitrogens with zero attached hydrogens (tertiary/aromatic N) is 4.